The summed E-state index contributed by atoms with van der Waals surface area (Å²) < 4.78 is 6.40. The van der Waals surface area contributed by atoms with Gasteiger partial charge < -0.3 is 4.74 Å². The molecule has 1 heterocycles. The molecule has 2 heteroatoms. The van der Waals surface area contributed by atoms with E-state index in [1.807, 2.05) is 0 Å². The highest BCUT2D eigenvalue weighted by molar-refractivity contribution is 6.17. The van der Waals surface area contributed by atoms with Crippen molar-refractivity contribution in [3.63, 3.8) is 0 Å². The summed E-state index contributed by atoms with van der Waals surface area (Å²) in [5, 5.41) is 2.53. The first kappa shape index (κ1) is 13.9. The van der Waals surface area contributed by atoms with Gasteiger partial charge in [-0.1, -0.05) is 54.6 Å². The molecule has 1 atom stereocenters. The van der Waals surface area contributed by atoms with E-state index < -0.39 is 0 Å². The molecule has 1 aliphatic carbocycles. The van der Waals surface area contributed by atoms with Crippen molar-refractivity contribution in [3.05, 3.63) is 71.3 Å². The minimum atomic E-state index is -0.253. The van der Waals surface area contributed by atoms with Crippen LogP contribution in [0.25, 0.3) is 28.0 Å². The molecular formula is C22H19BO. The fraction of sp³-hybridized carbons (Fsp3) is 0.182. The number of benzene rings is 3. The van der Waals surface area contributed by atoms with Crippen molar-refractivity contribution in [1.82, 2.24) is 0 Å². The van der Waals surface area contributed by atoms with Crippen LogP contribution in [0.15, 0.2) is 54.6 Å². The summed E-state index contributed by atoms with van der Waals surface area (Å²) in [6.07, 6.45) is 6.64. The fourth-order valence-corrected chi connectivity index (χ4v) is 4.15. The van der Waals surface area contributed by atoms with Crippen molar-refractivity contribution in [2.24, 2.45) is 0 Å². The molecule has 0 spiro atoms. The Labute approximate surface area is 143 Å². The van der Waals surface area contributed by atoms with Crippen molar-refractivity contribution in [1.29, 1.82) is 0 Å². The summed E-state index contributed by atoms with van der Waals surface area (Å²) in [5.41, 5.74) is 6.70. The maximum Gasteiger partial charge on any atom is 0.163 e. The molecule has 5 rings (SSSR count). The Kier molecular flexibility index (Phi) is 2.76. The molecule has 0 amide bonds. The van der Waals surface area contributed by atoms with Gasteiger partial charge in [0.15, 0.2) is 7.85 Å². The van der Waals surface area contributed by atoms with Crippen molar-refractivity contribution < 1.29 is 4.74 Å². The van der Waals surface area contributed by atoms with E-state index in [-0.39, 0.29) is 5.50 Å². The van der Waals surface area contributed by atoms with Gasteiger partial charge in [-0.05, 0) is 53.5 Å². The smallest absolute Gasteiger partial charge is 0.163 e. The van der Waals surface area contributed by atoms with Gasteiger partial charge in [0.25, 0.3) is 0 Å². The van der Waals surface area contributed by atoms with Gasteiger partial charge in [0.1, 0.15) is 5.75 Å². The second-order valence-corrected chi connectivity index (χ2v) is 7.34. The number of rotatable bonds is 0. The maximum atomic E-state index is 6.40. The molecule has 1 aliphatic heterocycles. The summed E-state index contributed by atoms with van der Waals surface area (Å²) in [4.78, 5) is 0. The van der Waals surface area contributed by atoms with Gasteiger partial charge in [-0.15, -0.1) is 0 Å². The highest BCUT2D eigenvalue weighted by Gasteiger charge is 2.29. The van der Waals surface area contributed by atoms with E-state index in [0.29, 0.717) is 0 Å². The van der Waals surface area contributed by atoms with Crippen LogP contribution in [0.3, 0.4) is 0 Å². The van der Waals surface area contributed by atoms with Crippen LogP contribution in [0.1, 0.15) is 23.6 Å². The molecule has 0 radical (unpaired) electrons. The minimum Gasteiger partial charge on any atom is -0.492 e. The number of hydrogen-bond donors (Lipinski definition) is 0. The van der Waals surface area contributed by atoms with E-state index in [1.165, 1.54) is 38.6 Å². The summed E-state index contributed by atoms with van der Waals surface area (Å²) >= 11 is 0. The topological polar surface area (TPSA) is 9.23 Å². The molecule has 1 unspecified atom stereocenters. The lowest BCUT2D eigenvalue weighted by atomic mass is 9.76. The number of hydrogen-bond acceptors (Lipinski definition) is 1. The van der Waals surface area contributed by atoms with Gasteiger partial charge in [-0.3, -0.25) is 0 Å². The Hall–Kier alpha value is -2.48. The SMILES string of the molecule is BC1(C)C=Cc2c3c(c4ccccc4c2O1)-c1ccccc1CC3. The second-order valence-electron chi connectivity index (χ2n) is 7.34. The highest BCUT2D eigenvalue weighted by atomic mass is 16.5. The standard InChI is InChI=1S/C22H19BO/c1-22(23)13-12-19-17-11-10-14-6-2-3-7-15(14)20(17)16-8-4-5-9-18(16)21(19)24-22/h2-9,12-13H,10-11,23H2,1H3. The summed E-state index contributed by atoms with van der Waals surface area (Å²) in [6.45, 7) is 2.12. The van der Waals surface area contributed by atoms with Gasteiger partial charge in [0.2, 0.25) is 0 Å². The van der Waals surface area contributed by atoms with Crippen molar-refractivity contribution >= 4 is 24.7 Å². The fourth-order valence-electron chi connectivity index (χ4n) is 4.15. The molecule has 0 saturated carbocycles. The predicted molar refractivity (Wildman–Crippen MR) is 103 cm³/mol. The second kappa shape index (κ2) is 4.76. The van der Waals surface area contributed by atoms with Crippen LogP contribution in [-0.2, 0) is 12.8 Å². The third kappa shape index (κ3) is 1.89. The molecule has 3 aromatic rings. The van der Waals surface area contributed by atoms with Crippen LogP contribution in [0, 0.1) is 0 Å². The van der Waals surface area contributed by atoms with Gasteiger partial charge in [0, 0.05) is 10.9 Å². The number of ether oxygens (including phenoxy) is 1. The Morgan fingerprint density at radius 3 is 2.58 bits per heavy atom. The van der Waals surface area contributed by atoms with Crippen LogP contribution in [0.5, 0.6) is 5.75 Å². The van der Waals surface area contributed by atoms with E-state index in [2.05, 4.69) is 75.5 Å². The molecule has 0 N–H and O–H groups in total. The molecule has 0 bridgehead atoms. The normalized spacial score (nSPS) is 20.9. The lowest BCUT2D eigenvalue weighted by molar-refractivity contribution is 0.227. The van der Waals surface area contributed by atoms with Crippen molar-refractivity contribution in [2.75, 3.05) is 0 Å². The van der Waals surface area contributed by atoms with Gasteiger partial charge in [-0.2, -0.15) is 0 Å². The Morgan fingerprint density at radius 2 is 1.71 bits per heavy atom. The van der Waals surface area contributed by atoms with Gasteiger partial charge in [0.05, 0.1) is 5.50 Å². The minimum absolute atomic E-state index is 0.253. The first-order valence-electron chi connectivity index (χ1n) is 8.68. The zero-order valence-corrected chi connectivity index (χ0v) is 14.1. The summed E-state index contributed by atoms with van der Waals surface area (Å²) in [6, 6.07) is 17.5. The molecule has 1 nitrogen and oxygen atoms in total. The number of aryl methyl sites for hydroxylation is 1. The van der Waals surface area contributed by atoms with Crippen molar-refractivity contribution in [3.8, 4) is 16.9 Å². The highest BCUT2D eigenvalue weighted by Crippen LogP contribution is 2.47. The molecule has 2 aliphatic rings. The largest absolute Gasteiger partial charge is 0.492 e. The first-order chi connectivity index (χ1) is 11.6. The summed E-state index contributed by atoms with van der Waals surface area (Å²) in [5.74, 6) is 1.05. The molecular weight excluding hydrogens is 291 g/mol. The quantitative estimate of drug-likeness (QED) is 0.561. The van der Waals surface area contributed by atoms with Crippen LogP contribution < -0.4 is 4.74 Å². The van der Waals surface area contributed by atoms with Crippen LogP contribution in [-0.4, -0.2) is 13.3 Å². The van der Waals surface area contributed by atoms with Crippen LogP contribution in [0.2, 0.25) is 0 Å². The molecule has 0 fully saturated rings. The van der Waals surface area contributed by atoms with Gasteiger partial charge in [-0.25, -0.2) is 0 Å². The molecule has 116 valence electrons. The molecule has 0 aromatic heterocycles. The first-order valence-corrected chi connectivity index (χ1v) is 8.68. The molecule has 24 heavy (non-hydrogen) atoms. The van der Waals surface area contributed by atoms with Crippen LogP contribution >= 0.6 is 0 Å². The average Bonchev–Trinajstić information content (AvgIpc) is 2.60. The number of fused-ring (bicyclic) bond motifs is 8. The van der Waals surface area contributed by atoms with E-state index >= 15 is 0 Å². The zero-order valence-electron chi connectivity index (χ0n) is 14.1. The van der Waals surface area contributed by atoms with E-state index in [4.69, 9.17) is 4.74 Å². The monoisotopic (exact) mass is 310 g/mol. The average molecular weight is 310 g/mol. The Bertz CT molecular complexity index is 1010. The van der Waals surface area contributed by atoms with E-state index in [1.54, 1.807) is 0 Å². The van der Waals surface area contributed by atoms with E-state index in [0.717, 1.165) is 18.6 Å². The lowest BCUT2D eigenvalue weighted by Crippen LogP contribution is -2.32. The van der Waals surface area contributed by atoms with Crippen molar-refractivity contribution in [2.45, 2.75) is 25.3 Å². The third-order valence-corrected chi connectivity index (χ3v) is 5.26. The van der Waals surface area contributed by atoms with Crippen LogP contribution in [0.4, 0.5) is 0 Å². The Morgan fingerprint density at radius 1 is 0.958 bits per heavy atom. The maximum absolute atomic E-state index is 6.40. The molecule has 3 aromatic carbocycles. The van der Waals surface area contributed by atoms with E-state index in [9.17, 15) is 0 Å². The third-order valence-electron chi connectivity index (χ3n) is 5.26. The lowest BCUT2D eigenvalue weighted by Gasteiger charge is -2.33. The summed E-state index contributed by atoms with van der Waals surface area (Å²) in [7, 11) is 2.12. The van der Waals surface area contributed by atoms with Gasteiger partial charge >= 0.3 is 0 Å². The predicted octanol–water partition coefficient (Wildman–Crippen LogP) is 4.36. The molecule has 0 saturated heterocycles. The Balaban J connectivity index is 1.94. The zero-order chi connectivity index (χ0) is 16.3.